The summed E-state index contributed by atoms with van der Waals surface area (Å²) in [5, 5.41) is 0. The van der Waals surface area contributed by atoms with Crippen LogP contribution in [0.3, 0.4) is 0 Å². The lowest BCUT2D eigenvalue weighted by atomic mass is 10.2. The number of nitrogens with one attached hydrogen (secondary N) is 1. The molecule has 1 saturated heterocycles. The fourth-order valence-electron chi connectivity index (χ4n) is 3.40. The van der Waals surface area contributed by atoms with E-state index < -0.39 is 0 Å². The molecule has 1 aliphatic heterocycles. The molecule has 0 aliphatic carbocycles. The van der Waals surface area contributed by atoms with Crippen LogP contribution in [-0.2, 0) is 13.1 Å². The molecule has 130 valence electrons. The quantitative estimate of drug-likeness (QED) is 0.778. The second kappa shape index (κ2) is 7.25. The summed E-state index contributed by atoms with van der Waals surface area (Å²) in [6.45, 7) is 6.27. The normalized spacial score (nSPS) is 16.4. The first-order chi connectivity index (χ1) is 12.3. The van der Waals surface area contributed by atoms with Crippen LogP contribution in [0.2, 0.25) is 0 Å². The number of nitrogens with zero attached hydrogens (tertiary/aromatic N) is 3. The Morgan fingerprint density at radius 3 is 2.40 bits per heavy atom. The molecule has 3 aromatic rings. The van der Waals surface area contributed by atoms with Crippen molar-refractivity contribution >= 4 is 11.0 Å². The molecule has 2 heterocycles. The van der Waals surface area contributed by atoms with Gasteiger partial charge < -0.3 is 9.72 Å². The first kappa shape index (κ1) is 16.1. The standard InChI is InChI=1S/C20H24N4O/c1-25-17-7-8-18-19(13-17)22-20(21-18)15-24-11-9-23(10-12-24)14-16-5-3-2-4-6-16/h2-8,13H,9-12,14-15H2,1H3,(H,21,22). The van der Waals surface area contributed by atoms with E-state index in [-0.39, 0.29) is 0 Å². The third-order valence-electron chi connectivity index (χ3n) is 4.83. The van der Waals surface area contributed by atoms with Gasteiger partial charge in [-0.2, -0.15) is 0 Å². The molecule has 1 N–H and O–H groups in total. The van der Waals surface area contributed by atoms with Crippen LogP contribution in [-0.4, -0.2) is 53.1 Å². The Kier molecular flexibility index (Phi) is 4.68. The SMILES string of the molecule is COc1ccc2nc(CN3CCN(Cc4ccccc4)CC3)[nH]c2c1. The number of hydrogen-bond acceptors (Lipinski definition) is 4. The summed E-state index contributed by atoms with van der Waals surface area (Å²) < 4.78 is 5.28. The highest BCUT2D eigenvalue weighted by Gasteiger charge is 2.18. The number of methoxy groups -OCH3 is 1. The highest BCUT2D eigenvalue weighted by atomic mass is 16.5. The molecule has 4 rings (SSSR count). The molecular weight excluding hydrogens is 312 g/mol. The zero-order valence-corrected chi connectivity index (χ0v) is 14.6. The summed E-state index contributed by atoms with van der Waals surface area (Å²) in [6.07, 6.45) is 0. The van der Waals surface area contributed by atoms with Crippen LogP contribution in [0, 0.1) is 0 Å². The van der Waals surface area contributed by atoms with Crippen molar-refractivity contribution in [1.82, 2.24) is 19.8 Å². The number of aromatic nitrogens is 2. The molecular formula is C20H24N4O. The summed E-state index contributed by atoms with van der Waals surface area (Å²) in [5.74, 6) is 1.89. The zero-order valence-electron chi connectivity index (χ0n) is 14.6. The molecule has 0 radical (unpaired) electrons. The zero-order chi connectivity index (χ0) is 17.1. The highest BCUT2D eigenvalue weighted by molar-refractivity contribution is 5.76. The minimum Gasteiger partial charge on any atom is -0.497 e. The van der Waals surface area contributed by atoms with Gasteiger partial charge in [-0.05, 0) is 17.7 Å². The molecule has 1 fully saturated rings. The number of H-pyrrole nitrogens is 1. The molecule has 0 bridgehead atoms. The summed E-state index contributed by atoms with van der Waals surface area (Å²) >= 11 is 0. The number of aromatic amines is 1. The molecule has 0 unspecified atom stereocenters. The van der Waals surface area contributed by atoms with Crippen molar-refractivity contribution in [3.63, 3.8) is 0 Å². The van der Waals surface area contributed by atoms with Crippen molar-refractivity contribution in [3.05, 3.63) is 59.9 Å². The minimum atomic E-state index is 0.859. The average molecular weight is 336 g/mol. The minimum absolute atomic E-state index is 0.859. The summed E-state index contributed by atoms with van der Waals surface area (Å²) in [4.78, 5) is 13.1. The van der Waals surface area contributed by atoms with Crippen LogP contribution in [0.25, 0.3) is 11.0 Å². The number of fused-ring (bicyclic) bond motifs is 1. The Hall–Kier alpha value is -2.37. The Bertz CT molecular complexity index is 822. The van der Waals surface area contributed by atoms with Gasteiger partial charge in [-0.3, -0.25) is 9.80 Å². The third-order valence-corrected chi connectivity index (χ3v) is 4.83. The van der Waals surface area contributed by atoms with Gasteiger partial charge >= 0.3 is 0 Å². The maximum Gasteiger partial charge on any atom is 0.121 e. The maximum atomic E-state index is 5.28. The largest absolute Gasteiger partial charge is 0.497 e. The molecule has 5 nitrogen and oxygen atoms in total. The molecule has 0 saturated carbocycles. The highest BCUT2D eigenvalue weighted by Crippen LogP contribution is 2.19. The van der Waals surface area contributed by atoms with E-state index in [1.54, 1.807) is 7.11 Å². The van der Waals surface area contributed by atoms with Gasteiger partial charge in [-0.15, -0.1) is 0 Å². The van der Waals surface area contributed by atoms with Crippen molar-refractivity contribution < 1.29 is 4.74 Å². The van der Waals surface area contributed by atoms with Crippen molar-refractivity contribution in [2.24, 2.45) is 0 Å². The van der Waals surface area contributed by atoms with Gasteiger partial charge in [0.25, 0.3) is 0 Å². The topological polar surface area (TPSA) is 44.4 Å². The molecule has 2 aromatic carbocycles. The summed E-state index contributed by atoms with van der Waals surface area (Å²) in [5.41, 5.74) is 3.43. The van der Waals surface area contributed by atoms with Crippen molar-refractivity contribution in [2.45, 2.75) is 13.1 Å². The second-order valence-corrected chi connectivity index (χ2v) is 6.60. The molecule has 25 heavy (non-hydrogen) atoms. The van der Waals surface area contributed by atoms with Gasteiger partial charge in [0.15, 0.2) is 0 Å². The first-order valence-electron chi connectivity index (χ1n) is 8.81. The predicted octanol–water partition coefficient (Wildman–Crippen LogP) is 2.89. The van der Waals surface area contributed by atoms with Gasteiger partial charge in [-0.25, -0.2) is 4.98 Å². The molecule has 0 spiro atoms. The van der Waals surface area contributed by atoms with Crippen molar-refractivity contribution in [1.29, 1.82) is 0 Å². The Morgan fingerprint density at radius 1 is 0.960 bits per heavy atom. The van der Waals surface area contributed by atoms with Gasteiger partial charge in [0, 0.05) is 38.8 Å². The van der Waals surface area contributed by atoms with Crippen LogP contribution in [0.1, 0.15) is 11.4 Å². The monoisotopic (exact) mass is 336 g/mol. The number of hydrogen-bond donors (Lipinski definition) is 1. The molecule has 0 atom stereocenters. The Balaban J connectivity index is 1.34. The van der Waals surface area contributed by atoms with Gasteiger partial charge in [0.1, 0.15) is 11.6 Å². The van der Waals surface area contributed by atoms with Crippen LogP contribution < -0.4 is 4.74 Å². The average Bonchev–Trinajstić information content (AvgIpc) is 3.05. The van der Waals surface area contributed by atoms with E-state index in [4.69, 9.17) is 9.72 Å². The first-order valence-corrected chi connectivity index (χ1v) is 8.81. The summed E-state index contributed by atoms with van der Waals surface area (Å²) in [6, 6.07) is 16.7. The number of piperazine rings is 1. The van der Waals surface area contributed by atoms with E-state index in [9.17, 15) is 0 Å². The van der Waals surface area contributed by atoms with E-state index in [2.05, 4.69) is 45.1 Å². The van der Waals surface area contributed by atoms with Gasteiger partial charge in [-0.1, -0.05) is 30.3 Å². The second-order valence-electron chi connectivity index (χ2n) is 6.60. The molecule has 0 amide bonds. The Morgan fingerprint density at radius 2 is 1.68 bits per heavy atom. The van der Waals surface area contributed by atoms with Crippen LogP contribution in [0.15, 0.2) is 48.5 Å². The van der Waals surface area contributed by atoms with Crippen molar-refractivity contribution in [3.8, 4) is 5.75 Å². The lowest BCUT2D eigenvalue weighted by Gasteiger charge is -2.34. The maximum absolute atomic E-state index is 5.28. The number of benzene rings is 2. The molecule has 1 aliphatic rings. The van der Waals surface area contributed by atoms with Crippen LogP contribution in [0.5, 0.6) is 5.75 Å². The fourth-order valence-corrected chi connectivity index (χ4v) is 3.40. The Labute approximate surface area is 148 Å². The lowest BCUT2D eigenvalue weighted by Crippen LogP contribution is -2.45. The van der Waals surface area contributed by atoms with Crippen LogP contribution >= 0.6 is 0 Å². The third kappa shape index (κ3) is 3.83. The van der Waals surface area contributed by atoms with E-state index in [1.807, 2.05) is 18.2 Å². The van der Waals surface area contributed by atoms with E-state index in [0.717, 1.165) is 61.9 Å². The van der Waals surface area contributed by atoms with Crippen LogP contribution in [0.4, 0.5) is 0 Å². The molecule has 5 heteroatoms. The number of imidazole rings is 1. The van der Waals surface area contributed by atoms with Gasteiger partial charge in [0.05, 0.1) is 24.7 Å². The van der Waals surface area contributed by atoms with E-state index in [0.29, 0.717) is 0 Å². The van der Waals surface area contributed by atoms with E-state index >= 15 is 0 Å². The fraction of sp³-hybridized carbons (Fsp3) is 0.350. The van der Waals surface area contributed by atoms with Gasteiger partial charge in [0.2, 0.25) is 0 Å². The van der Waals surface area contributed by atoms with E-state index in [1.165, 1.54) is 5.56 Å². The number of rotatable bonds is 5. The number of ether oxygens (including phenoxy) is 1. The molecule has 1 aromatic heterocycles. The lowest BCUT2D eigenvalue weighted by molar-refractivity contribution is 0.120. The predicted molar refractivity (Wildman–Crippen MR) is 99.6 cm³/mol. The van der Waals surface area contributed by atoms with Crippen molar-refractivity contribution in [2.75, 3.05) is 33.3 Å². The smallest absolute Gasteiger partial charge is 0.121 e. The summed E-state index contributed by atoms with van der Waals surface area (Å²) in [7, 11) is 1.69.